The summed E-state index contributed by atoms with van der Waals surface area (Å²) in [6.45, 7) is 8.26. The van der Waals surface area contributed by atoms with E-state index in [2.05, 4.69) is 62.5 Å². The molecule has 0 aliphatic heterocycles. The number of benzene rings is 2. The number of nitrogens with one attached hydrogen (secondary N) is 1. The van der Waals surface area contributed by atoms with Gasteiger partial charge in [-0.3, -0.25) is 4.79 Å². The highest BCUT2D eigenvalue weighted by atomic mass is 16.4. The molecular formula is C21H27NO2. The molecule has 0 aromatic heterocycles. The van der Waals surface area contributed by atoms with Crippen molar-refractivity contribution in [2.24, 2.45) is 0 Å². The first-order valence-electron chi connectivity index (χ1n) is 8.44. The summed E-state index contributed by atoms with van der Waals surface area (Å²) >= 11 is 0. The topological polar surface area (TPSA) is 49.3 Å². The van der Waals surface area contributed by atoms with E-state index in [4.69, 9.17) is 5.11 Å². The first-order chi connectivity index (χ1) is 11.3. The van der Waals surface area contributed by atoms with E-state index in [-0.39, 0.29) is 11.8 Å². The van der Waals surface area contributed by atoms with Gasteiger partial charge in [0, 0.05) is 19.5 Å². The molecule has 0 unspecified atom stereocenters. The molecule has 2 N–H and O–H groups in total. The molecular weight excluding hydrogens is 298 g/mol. The zero-order valence-electron chi connectivity index (χ0n) is 14.8. The monoisotopic (exact) mass is 325 g/mol. The van der Waals surface area contributed by atoms with Gasteiger partial charge < -0.3 is 10.4 Å². The fourth-order valence-corrected chi connectivity index (χ4v) is 2.62. The Kier molecular flexibility index (Phi) is 6.16. The van der Waals surface area contributed by atoms with Crippen LogP contribution in [0.5, 0.6) is 0 Å². The van der Waals surface area contributed by atoms with E-state index in [1.165, 1.54) is 16.7 Å². The van der Waals surface area contributed by atoms with Gasteiger partial charge in [-0.05, 0) is 34.1 Å². The second-order valence-corrected chi connectivity index (χ2v) is 7.26. The largest absolute Gasteiger partial charge is 0.481 e. The van der Waals surface area contributed by atoms with E-state index in [1.807, 2.05) is 12.1 Å². The van der Waals surface area contributed by atoms with Crippen molar-refractivity contribution in [1.82, 2.24) is 5.32 Å². The molecule has 0 saturated heterocycles. The fourth-order valence-electron chi connectivity index (χ4n) is 2.62. The highest BCUT2D eigenvalue weighted by Crippen LogP contribution is 2.22. The van der Waals surface area contributed by atoms with Crippen molar-refractivity contribution in [3.8, 4) is 0 Å². The third kappa shape index (κ3) is 5.82. The molecule has 0 bridgehead atoms. The summed E-state index contributed by atoms with van der Waals surface area (Å²) in [5, 5.41) is 12.2. The predicted octanol–water partition coefficient (Wildman–Crippen LogP) is 4.29. The van der Waals surface area contributed by atoms with Crippen molar-refractivity contribution in [3.05, 3.63) is 70.8 Å². The maximum Gasteiger partial charge on any atom is 0.303 e. The first kappa shape index (κ1) is 18.2. The molecule has 0 fully saturated rings. The molecule has 24 heavy (non-hydrogen) atoms. The number of aliphatic carboxylic acids is 1. The maximum absolute atomic E-state index is 10.7. The lowest BCUT2D eigenvalue weighted by Crippen LogP contribution is -2.14. The van der Waals surface area contributed by atoms with Gasteiger partial charge in [-0.1, -0.05) is 69.3 Å². The second kappa shape index (κ2) is 8.11. The summed E-state index contributed by atoms with van der Waals surface area (Å²) in [4.78, 5) is 10.7. The molecule has 3 heteroatoms. The molecule has 128 valence electrons. The number of rotatable bonds is 7. The van der Waals surface area contributed by atoms with Crippen molar-refractivity contribution in [1.29, 1.82) is 0 Å². The van der Waals surface area contributed by atoms with Crippen LogP contribution in [-0.2, 0) is 29.7 Å². The highest BCUT2D eigenvalue weighted by molar-refractivity contribution is 5.67. The highest BCUT2D eigenvalue weighted by Gasteiger charge is 2.12. The molecule has 0 aliphatic rings. The van der Waals surface area contributed by atoms with Gasteiger partial charge in [0.2, 0.25) is 0 Å². The smallest absolute Gasteiger partial charge is 0.303 e. The number of hydrogen-bond acceptors (Lipinski definition) is 2. The van der Waals surface area contributed by atoms with Gasteiger partial charge in [-0.15, -0.1) is 0 Å². The minimum atomic E-state index is -0.753. The van der Waals surface area contributed by atoms with Crippen molar-refractivity contribution >= 4 is 5.97 Å². The number of hydrogen-bond donors (Lipinski definition) is 2. The molecule has 0 atom stereocenters. The molecule has 0 spiro atoms. The van der Waals surface area contributed by atoms with Crippen molar-refractivity contribution in [2.75, 3.05) is 0 Å². The average Bonchev–Trinajstić information content (AvgIpc) is 2.53. The number of aryl methyl sites for hydroxylation is 1. The van der Waals surface area contributed by atoms with Crippen LogP contribution in [0.15, 0.2) is 48.5 Å². The standard InChI is InChI=1S/C21H27NO2/c1-21(2,3)19-10-7-17(8-11-19)14-22-15-18-6-4-5-16(13-18)9-12-20(23)24/h4-8,10-11,13,22H,9,12,14-15H2,1-3H3,(H,23,24). The molecule has 2 aromatic rings. The van der Waals surface area contributed by atoms with Crippen LogP contribution < -0.4 is 5.32 Å². The lowest BCUT2D eigenvalue weighted by molar-refractivity contribution is -0.136. The van der Waals surface area contributed by atoms with Crippen LogP contribution in [-0.4, -0.2) is 11.1 Å². The Bertz CT molecular complexity index is 669. The van der Waals surface area contributed by atoms with E-state index < -0.39 is 5.97 Å². The average molecular weight is 325 g/mol. The number of carbonyl (C=O) groups is 1. The normalized spacial score (nSPS) is 11.5. The molecule has 2 rings (SSSR count). The summed E-state index contributed by atoms with van der Waals surface area (Å²) < 4.78 is 0. The summed E-state index contributed by atoms with van der Waals surface area (Å²) in [6.07, 6.45) is 0.758. The van der Waals surface area contributed by atoms with Gasteiger partial charge in [0.05, 0.1) is 0 Å². The summed E-state index contributed by atoms with van der Waals surface area (Å²) in [7, 11) is 0. The fraction of sp³-hybridized carbons (Fsp3) is 0.381. The Balaban J connectivity index is 1.85. The van der Waals surface area contributed by atoms with Crippen molar-refractivity contribution < 1.29 is 9.90 Å². The number of carboxylic acid groups (broad SMARTS) is 1. The Morgan fingerprint density at radius 3 is 2.21 bits per heavy atom. The lowest BCUT2D eigenvalue weighted by atomic mass is 9.87. The van der Waals surface area contributed by atoms with E-state index in [1.54, 1.807) is 0 Å². The minimum Gasteiger partial charge on any atom is -0.481 e. The van der Waals surface area contributed by atoms with E-state index in [9.17, 15) is 4.79 Å². The van der Waals surface area contributed by atoms with Crippen LogP contribution in [0.4, 0.5) is 0 Å². The summed E-state index contributed by atoms with van der Waals surface area (Å²) in [5.41, 5.74) is 5.06. The second-order valence-electron chi connectivity index (χ2n) is 7.26. The van der Waals surface area contributed by atoms with Crippen LogP contribution in [0.2, 0.25) is 0 Å². The summed E-state index contributed by atoms with van der Waals surface area (Å²) in [6, 6.07) is 16.9. The Hall–Kier alpha value is -2.13. The SMILES string of the molecule is CC(C)(C)c1ccc(CNCc2cccc(CCC(=O)O)c2)cc1. The van der Waals surface area contributed by atoms with Gasteiger partial charge in [-0.25, -0.2) is 0 Å². The van der Waals surface area contributed by atoms with Gasteiger partial charge in [0.25, 0.3) is 0 Å². The number of carboxylic acids is 1. The maximum atomic E-state index is 10.7. The van der Waals surface area contributed by atoms with Crippen LogP contribution in [0, 0.1) is 0 Å². The molecule has 0 amide bonds. The molecule has 0 aliphatic carbocycles. The van der Waals surface area contributed by atoms with E-state index in [0.29, 0.717) is 6.42 Å². The van der Waals surface area contributed by atoms with Gasteiger partial charge >= 0.3 is 5.97 Å². The summed E-state index contributed by atoms with van der Waals surface area (Å²) in [5.74, 6) is -0.753. The lowest BCUT2D eigenvalue weighted by Gasteiger charge is -2.19. The first-order valence-corrected chi connectivity index (χ1v) is 8.44. The third-order valence-electron chi connectivity index (χ3n) is 4.10. The van der Waals surface area contributed by atoms with Gasteiger partial charge in [0.1, 0.15) is 0 Å². The van der Waals surface area contributed by atoms with Gasteiger partial charge in [-0.2, -0.15) is 0 Å². The Labute approximate surface area is 144 Å². The van der Waals surface area contributed by atoms with Crippen LogP contribution in [0.3, 0.4) is 0 Å². The van der Waals surface area contributed by atoms with E-state index >= 15 is 0 Å². The molecule has 3 nitrogen and oxygen atoms in total. The van der Waals surface area contributed by atoms with Crippen LogP contribution in [0.1, 0.15) is 49.4 Å². The zero-order valence-corrected chi connectivity index (χ0v) is 14.8. The van der Waals surface area contributed by atoms with E-state index in [0.717, 1.165) is 18.7 Å². The van der Waals surface area contributed by atoms with Crippen molar-refractivity contribution in [2.45, 2.75) is 52.1 Å². The van der Waals surface area contributed by atoms with Crippen LogP contribution >= 0.6 is 0 Å². The Morgan fingerprint density at radius 2 is 1.58 bits per heavy atom. The quantitative estimate of drug-likeness (QED) is 0.798. The van der Waals surface area contributed by atoms with Crippen LogP contribution in [0.25, 0.3) is 0 Å². The van der Waals surface area contributed by atoms with Crippen molar-refractivity contribution in [3.63, 3.8) is 0 Å². The predicted molar refractivity (Wildman–Crippen MR) is 98.1 cm³/mol. The molecule has 2 aromatic carbocycles. The molecule has 0 heterocycles. The molecule has 0 radical (unpaired) electrons. The minimum absolute atomic E-state index is 0.178. The third-order valence-corrected chi connectivity index (χ3v) is 4.10. The Morgan fingerprint density at radius 1 is 0.958 bits per heavy atom. The van der Waals surface area contributed by atoms with Gasteiger partial charge in [0.15, 0.2) is 0 Å². The molecule has 0 saturated carbocycles. The zero-order chi connectivity index (χ0) is 17.6.